The fraction of sp³-hybridized carbons (Fsp3) is 0.400. The van der Waals surface area contributed by atoms with Crippen molar-refractivity contribution in [1.29, 1.82) is 5.26 Å². The van der Waals surface area contributed by atoms with E-state index in [0.29, 0.717) is 32.0 Å². The molecule has 0 radical (unpaired) electrons. The van der Waals surface area contributed by atoms with E-state index >= 15 is 0 Å². The minimum absolute atomic E-state index is 0.259. The Kier molecular flexibility index (Phi) is 7.35. The minimum atomic E-state index is -0.889. The van der Waals surface area contributed by atoms with Gasteiger partial charge in [-0.25, -0.2) is 4.79 Å². The van der Waals surface area contributed by atoms with Crippen LogP contribution in [0.4, 0.5) is 4.79 Å². The first kappa shape index (κ1) is 22.3. The van der Waals surface area contributed by atoms with Crippen LogP contribution in [0.25, 0.3) is 5.57 Å². The van der Waals surface area contributed by atoms with Gasteiger partial charge in [0.1, 0.15) is 12.7 Å². The van der Waals surface area contributed by atoms with Gasteiger partial charge in [-0.2, -0.15) is 5.26 Å². The molecule has 32 heavy (non-hydrogen) atoms. The summed E-state index contributed by atoms with van der Waals surface area (Å²) in [5.74, 6) is 0.485. The molecule has 2 aromatic rings. The number of hydrogen-bond donors (Lipinski definition) is 0. The van der Waals surface area contributed by atoms with Crippen LogP contribution in [0.15, 0.2) is 60.3 Å². The van der Waals surface area contributed by atoms with Crippen LogP contribution in [0.5, 0.6) is 0 Å². The molecule has 0 spiro atoms. The van der Waals surface area contributed by atoms with E-state index in [1.807, 2.05) is 30.4 Å². The largest absolute Gasteiger partial charge is 0.444 e. The monoisotopic (exact) mass is 449 g/mol. The number of nitriles is 1. The number of ether oxygens (including phenoxy) is 2. The normalized spacial score (nSPS) is 21.1. The molecule has 1 saturated heterocycles. The predicted molar refractivity (Wildman–Crippen MR) is 124 cm³/mol. The highest BCUT2D eigenvalue weighted by molar-refractivity contribution is 7.09. The third-order valence-corrected chi connectivity index (χ3v) is 6.79. The van der Waals surface area contributed by atoms with Gasteiger partial charge in [0.05, 0.1) is 10.4 Å². The zero-order chi connectivity index (χ0) is 22.2. The summed E-state index contributed by atoms with van der Waals surface area (Å²) in [5.41, 5.74) is 3.11. The Morgan fingerprint density at radius 3 is 2.75 bits per heavy atom. The maximum Gasteiger partial charge on any atom is 0.410 e. The maximum absolute atomic E-state index is 12.2. The molecule has 1 unspecified atom stereocenters. The number of nitrogens with zero attached hydrogens (tertiary/aromatic N) is 3. The summed E-state index contributed by atoms with van der Waals surface area (Å²) < 4.78 is 11.4. The second-order valence-corrected chi connectivity index (χ2v) is 9.13. The SMILES string of the molecule is N#CC1(OCCC2CCN(C(=O)OCc3cncs3)CC2)C=CC(c2ccccc2)=CC1. The number of aromatic nitrogens is 1. The van der Waals surface area contributed by atoms with Crippen molar-refractivity contribution < 1.29 is 14.3 Å². The number of rotatable bonds is 7. The standard InChI is InChI=1S/C25H27N3O3S/c26-18-25(11-6-22(7-12-25)21-4-2-1-3-5-21)31-15-10-20-8-13-28(14-9-20)24(29)30-17-23-16-27-19-32-23/h1-7,11,16,19-20H,8-10,12-15,17H2. The lowest BCUT2D eigenvalue weighted by molar-refractivity contribution is 0.0208. The van der Waals surface area contributed by atoms with Gasteiger partial charge in [-0.05, 0) is 42.4 Å². The second kappa shape index (κ2) is 10.6. The van der Waals surface area contributed by atoms with E-state index in [0.717, 1.165) is 35.3 Å². The molecule has 1 amide bonds. The minimum Gasteiger partial charge on any atom is -0.444 e. The van der Waals surface area contributed by atoms with Crippen LogP contribution in [0.3, 0.4) is 0 Å². The van der Waals surface area contributed by atoms with Gasteiger partial charge >= 0.3 is 6.09 Å². The summed E-state index contributed by atoms with van der Waals surface area (Å²) >= 11 is 1.48. The average molecular weight is 450 g/mol. The molecule has 1 aliphatic heterocycles. The van der Waals surface area contributed by atoms with Crippen LogP contribution < -0.4 is 0 Å². The second-order valence-electron chi connectivity index (χ2n) is 8.15. The van der Waals surface area contributed by atoms with Gasteiger partial charge in [0.2, 0.25) is 0 Å². The van der Waals surface area contributed by atoms with E-state index in [1.54, 1.807) is 16.6 Å². The Morgan fingerprint density at radius 1 is 1.28 bits per heavy atom. The van der Waals surface area contributed by atoms with Crippen molar-refractivity contribution in [3.63, 3.8) is 0 Å². The Morgan fingerprint density at radius 2 is 2.09 bits per heavy atom. The average Bonchev–Trinajstić information content (AvgIpc) is 3.38. The summed E-state index contributed by atoms with van der Waals surface area (Å²) in [7, 11) is 0. The lowest BCUT2D eigenvalue weighted by Gasteiger charge is -2.32. The highest BCUT2D eigenvalue weighted by Crippen LogP contribution is 2.30. The molecule has 1 aromatic heterocycles. The number of hydrogen-bond acceptors (Lipinski definition) is 6. The van der Waals surface area contributed by atoms with Crippen molar-refractivity contribution in [2.24, 2.45) is 5.92 Å². The number of amides is 1. The van der Waals surface area contributed by atoms with Crippen LogP contribution in [0, 0.1) is 17.2 Å². The predicted octanol–water partition coefficient (Wildman–Crippen LogP) is 5.20. The van der Waals surface area contributed by atoms with Gasteiger partial charge in [-0.3, -0.25) is 4.98 Å². The molecular weight excluding hydrogens is 422 g/mol. The van der Waals surface area contributed by atoms with E-state index in [-0.39, 0.29) is 12.7 Å². The molecule has 2 heterocycles. The smallest absolute Gasteiger partial charge is 0.410 e. The fourth-order valence-electron chi connectivity index (χ4n) is 4.04. The van der Waals surface area contributed by atoms with E-state index < -0.39 is 5.60 Å². The molecule has 0 saturated carbocycles. The number of carbonyl (C=O) groups excluding carboxylic acids is 1. The molecule has 1 aromatic carbocycles. The first-order chi connectivity index (χ1) is 15.7. The van der Waals surface area contributed by atoms with E-state index in [1.165, 1.54) is 11.3 Å². The summed E-state index contributed by atoms with van der Waals surface area (Å²) in [5, 5.41) is 9.73. The van der Waals surface area contributed by atoms with Crippen LogP contribution >= 0.6 is 11.3 Å². The highest BCUT2D eigenvalue weighted by Gasteiger charge is 2.30. The molecule has 7 heteroatoms. The Hall–Kier alpha value is -2.95. The van der Waals surface area contributed by atoms with Crippen molar-refractivity contribution in [2.75, 3.05) is 19.7 Å². The summed E-state index contributed by atoms with van der Waals surface area (Å²) in [6.45, 7) is 2.20. The van der Waals surface area contributed by atoms with Crippen LogP contribution in [-0.4, -0.2) is 41.3 Å². The number of benzene rings is 1. The van der Waals surface area contributed by atoms with Gasteiger partial charge in [0.25, 0.3) is 0 Å². The third kappa shape index (κ3) is 5.64. The summed E-state index contributed by atoms with van der Waals surface area (Å²) in [4.78, 5) is 18.9. The van der Waals surface area contributed by atoms with Crippen molar-refractivity contribution in [3.05, 3.63) is 70.7 Å². The van der Waals surface area contributed by atoms with Crippen LogP contribution in [0.2, 0.25) is 0 Å². The number of thiazole rings is 1. The van der Waals surface area contributed by atoms with Crippen LogP contribution in [0.1, 0.15) is 36.1 Å². The Labute approximate surface area is 192 Å². The fourth-order valence-corrected chi connectivity index (χ4v) is 4.54. The molecule has 166 valence electrons. The van der Waals surface area contributed by atoms with Crippen molar-refractivity contribution >= 4 is 23.0 Å². The number of allylic oxidation sites excluding steroid dienone is 2. The van der Waals surface area contributed by atoms with Gasteiger partial charge in [0.15, 0.2) is 5.60 Å². The maximum atomic E-state index is 12.2. The summed E-state index contributed by atoms with van der Waals surface area (Å²) in [6.07, 6.45) is 10.7. The van der Waals surface area contributed by atoms with E-state index in [9.17, 15) is 10.1 Å². The first-order valence-corrected chi connectivity index (χ1v) is 11.8. The quantitative estimate of drug-likeness (QED) is 0.580. The Balaban J connectivity index is 1.18. The number of carbonyl (C=O) groups is 1. The van der Waals surface area contributed by atoms with E-state index in [2.05, 4.69) is 29.3 Å². The molecule has 1 atom stereocenters. The zero-order valence-corrected chi connectivity index (χ0v) is 18.8. The molecule has 6 nitrogen and oxygen atoms in total. The van der Waals surface area contributed by atoms with Crippen LogP contribution in [-0.2, 0) is 16.1 Å². The van der Waals surface area contributed by atoms with Gasteiger partial charge < -0.3 is 14.4 Å². The molecule has 1 fully saturated rings. The van der Waals surface area contributed by atoms with Gasteiger partial charge in [-0.15, -0.1) is 11.3 Å². The molecule has 2 aliphatic rings. The molecule has 4 rings (SSSR count). The molecule has 0 N–H and O–H groups in total. The summed E-state index contributed by atoms with van der Waals surface area (Å²) in [6, 6.07) is 12.5. The lowest BCUT2D eigenvalue weighted by atomic mass is 9.90. The van der Waals surface area contributed by atoms with E-state index in [4.69, 9.17) is 9.47 Å². The van der Waals surface area contributed by atoms with Gasteiger partial charge in [0, 0.05) is 32.3 Å². The van der Waals surface area contributed by atoms with Crippen molar-refractivity contribution in [3.8, 4) is 6.07 Å². The number of likely N-dealkylation sites (tertiary alicyclic amines) is 1. The van der Waals surface area contributed by atoms with Crippen molar-refractivity contribution in [2.45, 2.75) is 37.9 Å². The third-order valence-electron chi connectivity index (χ3n) is 6.03. The Bertz CT molecular complexity index is 989. The molecular formula is C25H27N3O3S. The first-order valence-electron chi connectivity index (χ1n) is 11.0. The highest BCUT2D eigenvalue weighted by atomic mass is 32.1. The molecule has 1 aliphatic carbocycles. The van der Waals surface area contributed by atoms with Gasteiger partial charge in [-0.1, -0.05) is 42.5 Å². The topological polar surface area (TPSA) is 75.5 Å². The van der Waals surface area contributed by atoms with Crippen molar-refractivity contribution in [1.82, 2.24) is 9.88 Å². The number of piperidine rings is 1. The molecule has 0 bridgehead atoms. The zero-order valence-electron chi connectivity index (χ0n) is 18.0. The lowest BCUT2D eigenvalue weighted by Crippen LogP contribution is -2.39.